The summed E-state index contributed by atoms with van der Waals surface area (Å²) in [5.41, 5.74) is -1.22. The van der Waals surface area contributed by atoms with Crippen LogP contribution in [-0.2, 0) is 10.9 Å². The van der Waals surface area contributed by atoms with Crippen LogP contribution in [0.1, 0.15) is 32.1 Å². The highest BCUT2D eigenvalue weighted by atomic mass is 32.1. The van der Waals surface area contributed by atoms with E-state index in [-0.39, 0.29) is 22.8 Å². The minimum absolute atomic E-state index is 0.00629. The van der Waals surface area contributed by atoms with E-state index in [9.17, 15) is 18.0 Å². The van der Waals surface area contributed by atoms with Gasteiger partial charge in [-0.25, -0.2) is 0 Å². The van der Waals surface area contributed by atoms with Crippen molar-refractivity contribution in [3.05, 3.63) is 51.2 Å². The number of hydrogen-bond donors (Lipinski definition) is 0. The van der Waals surface area contributed by atoms with Gasteiger partial charge in [-0.05, 0) is 49.6 Å². The number of hydrogen-bond acceptors (Lipinski definition) is 5. The van der Waals surface area contributed by atoms with Crippen LogP contribution in [0, 0.1) is 29.6 Å². The normalized spacial score (nSPS) is 23.2. The van der Waals surface area contributed by atoms with E-state index >= 15 is 0 Å². The highest BCUT2D eigenvalue weighted by Crippen LogP contribution is 2.45. The molecule has 0 spiro atoms. The average Bonchev–Trinajstić information content (AvgIpc) is 3.35. The van der Waals surface area contributed by atoms with Gasteiger partial charge in [0.2, 0.25) is 0 Å². The molecule has 9 heteroatoms. The van der Waals surface area contributed by atoms with Gasteiger partial charge in [0.25, 0.3) is 5.91 Å². The zero-order valence-corrected chi connectivity index (χ0v) is 18.7. The number of nitriles is 1. The Morgan fingerprint density at radius 3 is 2.72 bits per heavy atom. The van der Waals surface area contributed by atoms with Gasteiger partial charge in [-0.15, -0.1) is 11.3 Å². The first-order valence-electron chi connectivity index (χ1n) is 10.4. The van der Waals surface area contributed by atoms with Crippen LogP contribution in [0.5, 0.6) is 0 Å². The van der Waals surface area contributed by atoms with Gasteiger partial charge in [-0.2, -0.15) is 18.4 Å². The molecule has 3 heterocycles. The summed E-state index contributed by atoms with van der Waals surface area (Å²) >= 11 is 1.47. The van der Waals surface area contributed by atoms with Crippen LogP contribution < -0.4 is 4.90 Å². The third-order valence-corrected chi connectivity index (χ3v) is 7.52. The number of halogens is 3. The number of aryl methyl sites for hydroxylation is 1. The number of piperidine rings is 1. The molecule has 2 aliphatic rings. The minimum atomic E-state index is -4.60. The molecule has 0 unspecified atom stereocenters. The predicted molar refractivity (Wildman–Crippen MR) is 116 cm³/mol. The lowest BCUT2D eigenvalue weighted by atomic mass is 9.74. The summed E-state index contributed by atoms with van der Waals surface area (Å²) < 4.78 is 45.9. The van der Waals surface area contributed by atoms with Gasteiger partial charge in [0.15, 0.2) is 0 Å². The number of anilines is 1. The van der Waals surface area contributed by atoms with Crippen LogP contribution in [-0.4, -0.2) is 50.7 Å². The van der Waals surface area contributed by atoms with Gasteiger partial charge in [-0.3, -0.25) is 4.79 Å². The summed E-state index contributed by atoms with van der Waals surface area (Å²) in [7, 11) is 1.61. The topological polar surface area (TPSA) is 56.6 Å². The maximum absolute atomic E-state index is 13.5. The van der Waals surface area contributed by atoms with Crippen LogP contribution >= 0.6 is 11.3 Å². The van der Waals surface area contributed by atoms with E-state index in [0.717, 1.165) is 17.4 Å². The lowest BCUT2D eigenvalue weighted by molar-refractivity contribution is -0.137. The Bertz CT molecular complexity index is 1060. The summed E-state index contributed by atoms with van der Waals surface area (Å²) in [6.07, 6.45) is -3.84. The number of alkyl halides is 3. The Morgan fingerprint density at radius 2 is 2.09 bits per heavy atom. The van der Waals surface area contributed by atoms with Crippen LogP contribution in [0.4, 0.5) is 18.9 Å². The van der Waals surface area contributed by atoms with Crippen molar-refractivity contribution in [1.82, 2.24) is 4.90 Å². The molecule has 0 saturated carbocycles. The molecular weight excluding hydrogens is 439 g/mol. The zero-order chi connectivity index (χ0) is 23.1. The van der Waals surface area contributed by atoms with Crippen LogP contribution in [0.3, 0.4) is 0 Å². The Balaban J connectivity index is 1.60. The largest absolute Gasteiger partial charge is 0.417 e. The Labute approximate surface area is 189 Å². The number of fused-ring (bicyclic) bond motifs is 1. The number of carbonyl (C=O) groups excluding carboxylic acids is 1. The summed E-state index contributed by atoms with van der Waals surface area (Å²) in [6.45, 7) is 4.57. The summed E-state index contributed by atoms with van der Waals surface area (Å²) in [5.74, 6) is 0.190. The first-order chi connectivity index (χ1) is 15.2. The second-order valence-electron chi connectivity index (χ2n) is 8.64. The van der Waals surface area contributed by atoms with Gasteiger partial charge in [-0.1, -0.05) is 0 Å². The molecule has 32 heavy (non-hydrogen) atoms. The van der Waals surface area contributed by atoms with Gasteiger partial charge in [0.05, 0.1) is 28.7 Å². The average molecular weight is 464 g/mol. The van der Waals surface area contributed by atoms with E-state index in [0.29, 0.717) is 43.4 Å². The van der Waals surface area contributed by atoms with Crippen LogP contribution in [0.25, 0.3) is 0 Å². The Hall–Kier alpha value is -2.57. The van der Waals surface area contributed by atoms with E-state index < -0.39 is 11.7 Å². The molecular formula is C23H24F3N3O2S. The molecule has 4 rings (SSSR count). The van der Waals surface area contributed by atoms with Crippen LogP contribution in [0.15, 0.2) is 30.3 Å². The van der Waals surface area contributed by atoms with E-state index in [1.165, 1.54) is 17.4 Å². The maximum atomic E-state index is 13.5. The molecule has 2 saturated heterocycles. The van der Waals surface area contributed by atoms with Crippen molar-refractivity contribution in [2.75, 3.05) is 44.8 Å². The molecule has 2 fully saturated rings. The van der Waals surface area contributed by atoms with Crippen molar-refractivity contribution in [3.8, 4) is 6.07 Å². The molecule has 0 N–H and O–H groups in total. The molecule has 0 radical (unpaired) electrons. The fourth-order valence-corrected chi connectivity index (χ4v) is 5.85. The molecule has 2 atom stereocenters. The third-order valence-electron chi connectivity index (χ3n) is 6.53. The SMILES string of the molecule is COC[C@@]12CN(C(=O)c3ccc(C)s3)CC[C@@H]1CN(c1ccc(C#N)c(C(F)(F)F)c1)C2. The van der Waals surface area contributed by atoms with Crippen molar-refractivity contribution < 1.29 is 22.7 Å². The van der Waals surface area contributed by atoms with E-state index in [4.69, 9.17) is 10.00 Å². The van der Waals surface area contributed by atoms with Gasteiger partial charge in [0, 0.05) is 49.3 Å². The number of ether oxygens (including phenoxy) is 1. The van der Waals surface area contributed by atoms with Gasteiger partial charge >= 0.3 is 6.18 Å². The number of amides is 1. The van der Waals surface area contributed by atoms with Gasteiger partial charge in [0.1, 0.15) is 0 Å². The highest BCUT2D eigenvalue weighted by Gasteiger charge is 2.51. The van der Waals surface area contributed by atoms with E-state index in [1.54, 1.807) is 19.2 Å². The summed E-state index contributed by atoms with van der Waals surface area (Å²) in [5, 5.41) is 9.08. The quantitative estimate of drug-likeness (QED) is 0.667. The smallest absolute Gasteiger partial charge is 0.384 e. The number of carbonyl (C=O) groups is 1. The number of benzene rings is 1. The molecule has 5 nitrogen and oxygen atoms in total. The molecule has 170 valence electrons. The monoisotopic (exact) mass is 463 g/mol. The van der Waals surface area contributed by atoms with E-state index in [2.05, 4.69) is 0 Å². The Kier molecular flexibility index (Phi) is 5.94. The van der Waals surface area contributed by atoms with Crippen molar-refractivity contribution in [3.63, 3.8) is 0 Å². The van der Waals surface area contributed by atoms with Crippen molar-refractivity contribution in [2.24, 2.45) is 11.3 Å². The molecule has 1 amide bonds. The summed E-state index contributed by atoms with van der Waals surface area (Å²) in [4.78, 5) is 18.6. The molecule has 0 bridgehead atoms. The molecule has 2 aliphatic heterocycles. The molecule has 2 aromatic rings. The lowest BCUT2D eigenvalue weighted by Crippen LogP contribution is -2.52. The van der Waals surface area contributed by atoms with E-state index in [1.807, 2.05) is 28.9 Å². The first-order valence-corrected chi connectivity index (χ1v) is 11.2. The fraction of sp³-hybridized carbons (Fsp3) is 0.478. The maximum Gasteiger partial charge on any atom is 0.417 e. The molecule has 0 aliphatic carbocycles. The number of likely N-dealkylation sites (tertiary alicyclic amines) is 1. The van der Waals surface area contributed by atoms with Crippen molar-refractivity contribution in [1.29, 1.82) is 5.26 Å². The Morgan fingerprint density at radius 1 is 1.31 bits per heavy atom. The summed E-state index contributed by atoms with van der Waals surface area (Å²) in [6, 6.07) is 9.27. The van der Waals surface area contributed by atoms with Crippen molar-refractivity contribution >= 4 is 22.9 Å². The second-order valence-corrected chi connectivity index (χ2v) is 9.93. The lowest BCUT2D eigenvalue weighted by Gasteiger charge is -2.43. The number of nitrogens with zero attached hydrogens (tertiary/aromatic N) is 3. The minimum Gasteiger partial charge on any atom is -0.384 e. The van der Waals surface area contributed by atoms with Crippen LogP contribution in [0.2, 0.25) is 0 Å². The van der Waals surface area contributed by atoms with Crippen molar-refractivity contribution in [2.45, 2.75) is 19.5 Å². The standard InChI is InChI=1S/C23H24F3N3O2S/c1-15-3-6-20(32-15)21(30)28-8-7-17-11-29(13-22(17,12-28)14-31-2)18-5-4-16(10-27)19(9-18)23(24,25)26/h3-6,9,17H,7-8,11-14H2,1-2H3/t17-,22+/m1/s1. The number of methoxy groups -OCH3 is 1. The molecule has 1 aromatic heterocycles. The predicted octanol–water partition coefficient (Wildman–Crippen LogP) is 4.56. The number of rotatable bonds is 4. The second kappa shape index (κ2) is 8.41. The fourth-order valence-electron chi connectivity index (χ4n) is 5.01. The molecule has 1 aromatic carbocycles. The zero-order valence-electron chi connectivity index (χ0n) is 17.9. The third kappa shape index (κ3) is 4.09. The number of thiophene rings is 1. The highest BCUT2D eigenvalue weighted by molar-refractivity contribution is 7.13. The van der Waals surface area contributed by atoms with Gasteiger partial charge < -0.3 is 14.5 Å². The first kappa shape index (κ1) is 22.6.